The van der Waals surface area contributed by atoms with Crippen LogP contribution >= 0.6 is 0 Å². The molecule has 2 aliphatic rings. The highest BCUT2D eigenvalue weighted by molar-refractivity contribution is 5.84. The van der Waals surface area contributed by atoms with Gasteiger partial charge in [0.15, 0.2) is 0 Å². The third-order valence-corrected chi connectivity index (χ3v) is 4.79. The molecule has 0 N–H and O–H groups in total. The first kappa shape index (κ1) is 11.8. The van der Waals surface area contributed by atoms with Crippen LogP contribution in [0, 0.1) is 24.7 Å². The van der Waals surface area contributed by atoms with Crippen molar-refractivity contribution < 1.29 is 9.53 Å². The minimum Gasteiger partial charge on any atom is -0.466 e. The molecule has 2 nitrogen and oxygen atoms in total. The lowest BCUT2D eigenvalue weighted by Crippen LogP contribution is -2.22. The Morgan fingerprint density at radius 1 is 1.28 bits per heavy atom. The summed E-state index contributed by atoms with van der Waals surface area (Å²) in [5.41, 5.74) is 2.74. The van der Waals surface area contributed by atoms with Gasteiger partial charge in [0.05, 0.1) is 12.5 Å². The van der Waals surface area contributed by atoms with E-state index in [0.29, 0.717) is 18.4 Å². The Labute approximate surface area is 108 Å². The number of hydrogen-bond donors (Lipinski definition) is 0. The minimum atomic E-state index is 0.00720. The summed E-state index contributed by atoms with van der Waals surface area (Å²) in [6.07, 6.45) is 1.16. The van der Waals surface area contributed by atoms with Gasteiger partial charge in [0.1, 0.15) is 0 Å². The molecule has 0 radical (unpaired) electrons. The minimum absolute atomic E-state index is 0.00720. The molecule has 1 aromatic carbocycles. The highest BCUT2D eigenvalue weighted by Crippen LogP contribution is 2.85. The smallest absolute Gasteiger partial charge is 0.310 e. The largest absolute Gasteiger partial charge is 0.466 e. The van der Waals surface area contributed by atoms with Gasteiger partial charge in [-0.15, -0.1) is 0 Å². The lowest BCUT2D eigenvalue weighted by molar-refractivity contribution is -0.146. The lowest BCUT2D eigenvalue weighted by atomic mass is 9.88. The number of fused-ring (bicyclic) bond motifs is 1. The molecule has 2 saturated carbocycles. The number of rotatable bonds is 4. The standard InChI is InChI=1S/C16H20O2/c1-4-12-13-14(15(17)18-5-2)16(12,13)11-8-6-10(3)7-9-11/h6-9,12-14H,4-5H2,1-3H3/t12-,13?,14+,16?/m1/s1. The van der Waals surface area contributed by atoms with Crippen LogP contribution in [0.5, 0.6) is 0 Å². The molecule has 0 heterocycles. The van der Waals surface area contributed by atoms with Crippen LogP contribution in [0.15, 0.2) is 24.3 Å². The van der Waals surface area contributed by atoms with Crippen molar-refractivity contribution >= 4 is 5.97 Å². The molecule has 18 heavy (non-hydrogen) atoms. The van der Waals surface area contributed by atoms with Crippen LogP contribution in [0.4, 0.5) is 0 Å². The number of esters is 1. The number of hydrogen-bond acceptors (Lipinski definition) is 2. The summed E-state index contributed by atoms with van der Waals surface area (Å²) >= 11 is 0. The average Bonchev–Trinajstić information content (AvgIpc) is 3.19. The number of ether oxygens (including phenoxy) is 1. The Hall–Kier alpha value is -1.31. The first-order valence-electron chi connectivity index (χ1n) is 6.91. The molecule has 0 spiro atoms. The maximum atomic E-state index is 11.9. The molecule has 1 aromatic rings. The third kappa shape index (κ3) is 1.32. The van der Waals surface area contributed by atoms with E-state index < -0.39 is 0 Å². The van der Waals surface area contributed by atoms with Crippen LogP contribution in [0.1, 0.15) is 31.4 Å². The van der Waals surface area contributed by atoms with Gasteiger partial charge < -0.3 is 4.74 Å². The number of carbonyl (C=O) groups is 1. The number of carbonyl (C=O) groups excluding carboxylic acids is 1. The molecule has 0 bridgehead atoms. The molecule has 0 aliphatic heterocycles. The molecule has 2 fully saturated rings. The van der Waals surface area contributed by atoms with E-state index in [2.05, 4.69) is 38.1 Å². The van der Waals surface area contributed by atoms with Gasteiger partial charge in [-0.05, 0) is 31.2 Å². The molecule has 96 valence electrons. The molecular weight excluding hydrogens is 224 g/mol. The van der Waals surface area contributed by atoms with E-state index in [-0.39, 0.29) is 17.3 Å². The van der Waals surface area contributed by atoms with Gasteiger partial charge in [0.2, 0.25) is 0 Å². The predicted molar refractivity (Wildman–Crippen MR) is 70.3 cm³/mol. The summed E-state index contributed by atoms with van der Waals surface area (Å²) in [6.45, 7) is 6.68. The fourth-order valence-electron chi connectivity index (χ4n) is 3.89. The molecule has 2 aliphatic carbocycles. The van der Waals surface area contributed by atoms with E-state index in [9.17, 15) is 4.79 Å². The van der Waals surface area contributed by atoms with Crippen LogP contribution < -0.4 is 0 Å². The normalized spacial score (nSPS) is 35.8. The fraction of sp³-hybridized carbons (Fsp3) is 0.562. The maximum Gasteiger partial charge on any atom is 0.310 e. The predicted octanol–water partition coefficient (Wildman–Crippen LogP) is 3.08. The topological polar surface area (TPSA) is 26.3 Å². The van der Waals surface area contributed by atoms with E-state index >= 15 is 0 Å². The Bertz CT molecular complexity index is 476. The van der Waals surface area contributed by atoms with Gasteiger partial charge in [0.25, 0.3) is 0 Å². The quantitative estimate of drug-likeness (QED) is 0.761. The summed E-state index contributed by atoms with van der Waals surface area (Å²) in [6, 6.07) is 8.67. The van der Waals surface area contributed by atoms with Crippen molar-refractivity contribution in [1.29, 1.82) is 0 Å². The first-order chi connectivity index (χ1) is 8.67. The monoisotopic (exact) mass is 244 g/mol. The number of benzene rings is 1. The second-order valence-electron chi connectivity index (χ2n) is 5.57. The van der Waals surface area contributed by atoms with Gasteiger partial charge >= 0.3 is 5.97 Å². The molecule has 4 atom stereocenters. The van der Waals surface area contributed by atoms with Crippen molar-refractivity contribution in [1.82, 2.24) is 0 Å². The molecule has 2 unspecified atom stereocenters. The zero-order valence-corrected chi connectivity index (χ0v) is 11.3. The summed E-state index contributed by atoms with van der Waals surface area (Å²) in [4.78, 5) is 11.9. The van der Waals surface area contributed by atoms with E-state index in [0.717, 1.165) is 6.42 Å². The Morgan fingerprint density at radius 3 is 2.50 bits per heavy atom. The van der Waals surface area contributed by atoms with Gasteiger partial charge in [-0.25, -0.2) is 0 Å². The Balaban J connectivity index is 1.85. The molecular formula is C16H20O2. The van der Waals surface area contributed by atoms with Gasteiger partial charge in [0, 0.05) is 5.41 Å². The lowest BCUT2D eigenvalue weighted by Gasteiger charge is -2.17. The number of aryl methyl sites for hydroxylation is 1. The van der Waals surface area contributed by atoms with E-state index in [4.69, 9.17) is 4.74 Å². The molecule has 0 amide bonds. The highest BCUT2D eigenvalue weighted by Gasteiger charge is 2.88. The highest BCUT2D eigenvalue weighted by atomic mass is 16.5. The molecule has 0 saturated heterocycles. The fourth-order valence-corrected chi connectivity index (χ4v) is 3.89. The van der Waals surface area contributed by atoms with Crippen LogP contribution in [0.25, 0.3) is 0 Å². The van der Waals surface area contributed by atoms with Crippen molar-refractivity contribution in [3.63, 3.8) is 0 Å². The van der Waals surface area contributed by atoms with Gasteiger partial charge in [-0.3, -0.25) is 4.79 Å². The van der Waals surface area contributed by atoms with E-state index in [1.165, 1.54) is 11.1 Å². The third-order valence-electron chi connectivity index (χ3n) is 4.79. The van der Waals surface area contributed by atoms with Crippen molar-refractivity contribution in [2.24, 2.45) is 17.8 Å². The van der Waals surface area contributed by atoms with Gasteiger partial charge in [-0.2, -0.15) is 0 Å². The first-order valence-corrected chi connectivity index (χ1v) is 6.91. The van der Waals surface area contributed by atoms with Crippen molar-refractivity contribution in [3.05, 3.63) is 35.4 Å². The summed E-state index contributed by atoms with van der Waals surface area (Å²) in [5, 5.41) is 0. The Kier molecular flexibility index (Phi) is 2.51. The average molecular weight is 244 g/mol. The summed E-state index contributed by atoms with van der Waals surface area (Å²) in [5.74, 6) is 1.37. The van der Waals surface area contributed by atoms with E-state index in [1.807, 2.05) is 6.92 Å². The molecule has 2 heteroatoms. The maximum absolute atomic E-state index is 11.9. The Morgan fingerprint density at radius 2 is 1.94 bits per heavy atom. The summed E-state index contributed by atoms with van der Waals surface area (Å²) in [7, 11) is 0. The van der Waals surface area contributed by atoms with Crippen molar-refractivity contribution in [3.8, 4) is 0 Å². The molecule has 3 rings (SSSR count). The van der Waals surface area contributed by atoms with E-state index in [1.54, 1.807) is 0 Å². The second-order valence-corrected chi connectivity index (χ2v) is 5.57. The van der Waals surface area contributed by atoms with Crippen molar-refractivity contribution in [2.45, 2.75) is 32.6 Å². The van der Waals surface area contributed by atoms with Crippen LogP contribution in [0.3, 0.4) is 0 Å². The SMILES string of the molecule is CCOC(=O)[C@@H]1C2[C@@H](CC)C21c1ccc(C)cc1. The zero-order chi connectivity index (χ0) is 12.9. The zero-order valence-electron chi connectivity index (χ0n) is 11.3. The second kappa shape index (κ2) is 3.84. The van der Waals surface area contributed by atoms with Crippen LogP contribution in [-0.4, -0.2) is 12.6 Å². The van der Waals surface area contributed by atoms with Crippen molar-refractivity contribution in [2.75, 3.05) is 6.61 Å². The van der Waals surface area contributed by atoms with Crippen LogP contribution in [0.2, 0.25) is 0 Å². The van der Waals surface area contributed by atoms with Crippen LogP contribution in [-0.2, 0) is 14.9 Å². The van der Waals surface area contributed by atoms with Gasteiger partial charge in [-0.1, -0.05) is 43.2 Å². The summed E-state index contributed by atoms with van der Waals surface area (Å²) < 4.78 is 5.19. The molecule has 0 aromatic heterocycles.